The summed E-state index contributed by atoms with van der Waals surface area (Å²) in [7, 11) is 4.11. The predicted molar refractivity (Wildman–Crippen MR) is 72.5 cm³/mol. The molecule has 0 amide bonds. The molecular weight excluding hydrogens is 214 g/mol. The van der Waals surface area contributed by atoms with Crippen LogP contribution in [0, 0.1) is 0 Å². The van der Waals surface area contributed by atoms with Gasteiger partial charge in [0.25, 0.3) is 0 Å². The second-order valence-corrected chi connectivity index (χ2v) is 4.30. The maximum absolute atomic E-state index is 4.18. The summed E-state index contributed by atoms with van der Waals surface area (Å²) < 4.78 is 0. The van der Waals surface area contributed by atoms with Crippen LogP contribution in [0.2, 0.25) is 0 Å². The van der Waals surface area contributed by atoms with Crippen molar-refractivity contribution in [3.8, 4) is 0 Å². The van der Waals surface area contributed by atoms with Gasteiger partial charge in [0.05, 0.1) is 0 Å². The van der Waals surface area contributed by atoms with E-state index in [1.54, 1.807) is 6.33 Å². The van der Waals surface area contributed by atoms with Crippen LogP contribution in [0.15, 0.2) is 12.4 Å². The Morgan fingerprint density at radius 2 is 1.76 bits per heavy atom. The summed E-state index contributed by atoms with van der Waals surface area (Å²) in [4.78, 5) is 10.5. The number of rotatable bonds is 8. The van der Waals surface area contributed by atoms with Crippen LogP contribution >= 0.6 is 0 Å². The Morgan fingerprint density at radius 1 is 1.12 bits per heavy atom. The normalized spacial score (nSPS) is 10.6. The third kappa shape index (κ3) is 6.06. The van der Waals surface area contributed by atoms with Crippen LogP contribution in [0.1, 0.15) is 19.8 Å². The fourth-order valence-electron chi connectivity index (χ4n) is 1.35. The number of hydrogen-bond donors (Lipinski definition) is 2. The lowest BCUT2D eigenvalue weighted by Crippen LogP contribution is -2.21. The number of hydrogen-bond acceptors (Lipinski definition) is 5. The molecule has 0 aliphatic rings. The molecule has 17 heavy (non-hydrogen) atoms. The minimum absolute atomic E-state index is 0.876. The van der Waals surface area contributed by atoms with E-state index >= 15 is 0 Å². The Hall–Kier alpha value is -1.36. The third-order valence-electron chi connectivity index (χ3n) is 2.37. The molecule has 1 aromatic heterocycles. The highest BCUT2D eigenvalue weighted by molar-refractivity contribution is 5.46. The first-order valence-electron chi connectivity index (χ1n) is 6.17. The molecule has 5 heteroatoms. The Morgan fingerprint density at radius 3 is 2.35 bits per heavy atom. The summed E-state index contributed by atoms with van der Waals surface area (Å²) in [6.45, 7) is 5.02. The predicted octanol–water partition coefficient (Wildman–Crippen LogP) is 1.66. The molecular formula is C12H23N5. The largest absolute Gasteiger partial charge is 0.370 e. The zero-order chi connectivity index (χ0) is 12.5. The number of likely N-dealkylation sites (N-methyl/N-ethyl adjacent to an activating group) is 1. The van der Waals surface area contributed by atoms with Gasteiger partial charge in [-0.15, -0.1) is 0 Å². The van der Waals surface area contributed by atoms with E-state index in [-0.39, 0.29) is 0 Å². The van der Waals surface area contributed by atoms with E-state index < -0.39 is 0 Å². The first kappa shape index (κ1) is 13.7. The minimum atomic E-state index is 0.876. The summed E-state index contributed by atoms with van der Waals surface area (Å²) in [5, 5.41) is 6.56. The molecule has 0 spiro atoms. The van der Waals surface area contributed by atoms with Crippen molar-refractivity contribution in [2.45, 2.75) is 19.8 Å². The van der Waals surface area contributed by atoms with E-state index in [4.69, 9.17) is 0 Å². The standard InChI is InChI=1S/C12H23N5/c1-4-5-6-13-11-9-12(16-10-15-11)14-7-8-17(2)3/h9-10H,4-8H2,1-3H3,(H2,13,14,15,16). The fraction of sp³-hybridized carbons (Fsp3) is 0.667. The molecule has 0 atom stereocenters. The van der Waals surface area contributed by atoms with Gasteiger partial charge in [-0.2, -0.15) is 0 Å². The lowest BCUT2D eigenvalue weighted by Gasteiger charge is -2.11. The van der Waals surface area contributed by atoms with Gasteiger partial charge in [-0.3, -0.25) is 0 Å². The molecule has 1 rings (SSSR count). The van der Waals surface area contributed by atoms with Crippen LogP contribution in [0.3, 0.4) is 0 Å². The fourth-order valence-corrected chi connectivity index (χ4v) is 1.35. The van der Waals surface area contributed by atoms with Crippen molar-refractivity contribution in [2.24, 2.45) is 0 Å². The SMILES string of the molecule is CCCCNc1cc(NCCN(C)C)ncn1. The zero-order valence-corrected chi connectivity index (χ0v) is 11.0. The maximum Gasteiger partial charge on any atom is 0.131 e. The van der Waals surface area contributed by atoms with Crippen molar-refractivity contribution in [3.63, 3.8) is 0 Å². The van der Waals surface area contributed by atoms with Gasteiger partial charge >= 0.3 is 0 Å². The highest BCUT2D eigenvalue weighted by Gasteiger charge is 1.98. The number of unbranched alkanes of at least 4 members (excludes halogenated alkanes) is 1. The van der Waals surface area contributed by atoms with E-state index in [0.29, 0.717) is 0 Å². The monoisotopic (exact) mass is 237 g/mol. The van der Waals surface area contributed by atoms with Gasteiger partial charge < -0.3 is 15.5 Å². The van der Waals surface area contributed by atoms with Crippen LogP contribution in [-0.2, 0) is 0 Å². The highest BCUT2D eigenvalue weighted by Crippen LogP contribution is 2.08. The quantitative estimate of drug-likeness (QED) is 0.674. The molecule has 1 aromatic rings. The van der Waals surface area contributed by atoms with E-state index in [9.17, 15) is 0 Å². The summed E-state index contributed by atoms with van der Waals surface area (Å²) in [6, 6.07) is 1.95. The third-order valence-corrected chi connectivity index (χ3v) is 2.37. The summed E-state index contributed by atoms with van der Waals surface area (Å²) in [6.07, 6.45) is 3.94. The average molecular weight is 237 g/mol. The van der Waals surface area contributed by atoms with Crippen LogP contribution in [0.4, 0.5) is 11.6 Å². The number of aromatic nitrogens is 2. The molecule has 0 aliphatic carbocycles. The van der Waals surface area contributed by atoms with E-state index in [1.165, 1.54) is 6.42 Å². The Labute approximate surface area is 104 Å². The zero-order valence-electron chi connectivity index (χ0n) is 11.0. The van der Waals surface area contributed by atoms with Crippen molar-refractivity contribution in [2.75, 3.05) is 44.4 Å². The highest BCUT2D eigenvalue weighted by atomic mass is 15.1. The number of anilines is 2. The summed E-state index contributed by atoms with van der Waals surface area (Å²) in [5.74, 6) is 1.77. The van der Waals surface area contributed by atoms with E-state index in [2.05, 4.69) is 46.5 Å². The van der Waals surface area contributed by atoms with Gasteiger partial charge in [0.1, 0.15) is 18.0 Å². The molecule has 5 nitrogen and oxygen atoms in total. The first-order valence-corrected chi connectivity index (χ1v) is 6.17. The van der Waals surface area contributed by atoms with Crippen LogP contribution in [0.5, 0.6) is 0 Å². The Balaban J connectivity index is 2.37. The van der Waals surface area contributed by atoms with Gasteiger partial charge in [-0.1, -0.05) is 13.3 Å². The molecule has 0 saturated heterocycles. The summed E-state index contributed by atoms with van der Waals surface area (Å²) in [5.41, 5.74) is 0. The maximum atomic E-state index is 4.18. The second-order valence-electron chi connectivity index (χ2n) is 4.30. The smallest absolute Gasteiger partial charge is 0.131 e. The Kier molecular flexibility index (Phi) is 6.32. The van der Waals surface area contributed by atoms with Crippen molar-refractivity contribution >= 4 is 11.6 Å². The molecule has 0 saturated carbocycles. The molecule has 2 N–H and O–H groups in total. The Bertz CT molecular complexity index is 314. The van der Waals surface area contributed by atoms with Gasteiger partial charge in [-0.25, -0.2) is 9.97 Å². The van der Waals surface area contributed by atoms with Crippen LogP contribution < -0.4 is 10.6 Å². The lowest BCUT2D eigenvalue weighted by atomic mass is 10.3. The molecule has 96 valence electrons. The van der Waals surface area contributed by atoms with Crippen molar-refractivity contribution in [1.29, 1.82) is 0 Å². The van der Waals surface area contributed by atoms with Crippen molar-refractivity contribution in [1.82, 2.24) is 14.9 Å². The van der Waals surface area contributed by atoms with Gasteiger partial charge in [0.15, 0.2) is 0 Å². The molecule has 0 aromatic carbocycles. The molecule has 0 fully saturated rings. The summed E-state index contributed by atoms with van der Waals surface area (Å²) >= 11 is 0. The van der Waals surface area contributed by atoms with Crippen molar-refractivity contribution in [3.05, 3.63) is 12.4 Å². The van der Waals surface area contributed by atoms with Crippen LogP contribution in [0.25, 0.3) is 0 Å². The first-order chi connectivity index (χ1) is 8.22. The van der Waals surface area contributed by atoms with Crippen molar-refractivity contribution < 1.29 is 0 Å². The molecule has 0 unspecified atom stereocenters. The van der Waals surface area contributed by atoms with E-state index in [1.807, 2.05) is 6.07 Å². The molecule has 1 heterocycles. The second kappa shape index (κ2) is 7.84. The average Bonchev–Trinajstić information content (AvgIpc) is 2.29. The molecule has 0 radical (unpaired) electrons. The lowest BCUT2D eigenvalue weighted by molar-refractivity contribution is 0.425. The van der Waals surface area contributed by atoms with E-state index in [0.717, 1.165) is 37.7 Å². The number of nitrogens with one attached hydrogen (secondary N) is 2. The topological polar surface area (TPSA) is 53.1 Å². The molecule has 0 bridgehead atoms. The van der Waals surface area contributed by atoms with Gasteiger partial charge in [-0.05, 0) is 20.5 Å². The van der Waals surface area contributed by atoms with Gasteiger partial charge in [0.2, 0.25) is 0 Å². The van der Waals surface area contributed by atoms with Gasteiger partial charge in [0, 0.05) is 25.7 Å². The minimum Gasteiger partial charge on any atom is -0.370 e. The number of nitrogens with zero attached hydrogens (tertiary/aromatic N) is 3. The molecule has 0 aliphatic heterocycles. The van der Waals surface area contributed by atoms with Crippen LogP contribution in [-0.4, -0.2) is 48.6 Å².